The number of carbonyl (C=O) groups is 2. The van der Waals surface area contributed by atoms with Crippen molar-refractivity contribution in [3.8, 4) is 18.1 Å². The Hall–Kier alpha value is -3.37. The number of nitrogens with one attached hydrogen (secondary N) is 1. The summed E-state index contributed by atoms with van der Waals surface area (Å²) in [5.41, 5.74) is 1.90. The van der Waals surface area contributed by atoms with Crippen LogP contribution in [0, 0.1) is 12.3 Å². The van der Waals surface area contributed by atoms with Gasteiger partial charge in [0.15, 0.2) is 4.80 Å². The fraction of sp³-hybridized carbons (Fsp3) is 0.150. The lowest BCUT2D eigenvalue weighted by atomic mass is 10.2. The zero-order valence-corrected chi connectivity index (χ0v) is 15.7. The molecule has 1 N–H and O–H groups in total. The molecule has 0 bridgehead atoms. The number of fused-ring (bicyclic) bond motifs is 1. The minimum absolute atomic E-state index is 0.154. The molecule has 3 aromatic rings. The molecule has 0 unspecified atom stereocenters. The molecule has 0 spiro atoms. The summed E-state index contributed by atoms with van der Waals surface area (Å²) in [6.07, 6.45) is 5.49. The lowest BCUT2D eigenvalue weighted by Crippen LogP contribution is -2.16. The lowest BCUT2D eigenvalue weighted by Gasteiger charge is -2.04. The SMILES string of the molecule is C#CCn1c(=NC(=O)c2ccccc2OC)sc2cc(NC(C)=O)ccc21. The number of carbonyl (C=O) groups excluding carboxylic acids is 2. The van der Waals surface area contributed by atoms with Crippen LogP contribution < -0.4 is 14.9 Å². The van der Waals surface area contributed by atoms with Crippen molar-refractivity contribution in [1.82, 2.24) is 4.57 Å². The second-order valence-electron chi connectivity index (χ2n) is 5.66. The number of benzene rings is 2. The van der Waals surface area contributed by atoms with E-state index in [4.69, 9.17) is 11.2 Å². The van der Waals surface area contributed by atoms with Crippen LogP contribution in [-0.2, 0) is 11.3 Å². The first-order chi connectivity index (χ1) is 13.0. The van der Waals surface area contributed by atoms with Crippen molar-refractivity contribution in [3.05, 3.63) is 52.8 Å². The Morgan fingerprint density at radius 3 is 2.78 bits per heavy atom. The molecule has 0 fully saturated rings. The summed E-state index contributed by atoms with van der Waals surface area (Å²) in [4.78, 5) is 28.7. The number of amides is 2. The molecule has 0 aliphatic carbocycles. The predicted octanol–water partition coefficient (Wildman–Crippen LogP) is 3.04. The number of rotatable bonds is 4. The summed E-state index contributed by atoms with van der Waals surface area (Å²) >= 11 is 1.33. The highest BCUT2D eigenvalue weighted by Gasteiger charge is 2.13. The molecule has 27 heavy (non-hydrogen) atoms. The number of anilines is 1. The van der Waals surface area contributed by atoms with E-state index in [1.807, 2.05) is 12.1 Å². The molecule has 2 aromatic carbocycles. The van der Waals surface area contributed by atoms with Crippen LogP contribution in [0.25, 0.3) is 10.2 Å². The summed E-state index contributed by atoms with van der Waals surface area (Å²) in [5, 5.41) is 2.74. The Bertz CT molecular complexity index is 1140. The lowest BCUT2D eigenvalue weighted by molar-refractivity contribution is -0.114. The highest BCUT2D eigenvalue weighted by Crippen LogP contribution is 2.23. The first-order valence-electron chi connectivity index (χ1n) is 8.10. The van der Waals surface area contributed by atoms with Crippen molar-refractivity contribution in [3.63, 3.8) is 0 Å². The van der Waals surface area contributed by atoms with Crippen LogP contribution in [0.1, 0.15) is 17.3 Å². The maximum absolute atomic E-state index is 12.7. The molecule has 0 saturated carbocycles. The Morgan fingerprint density at radius 2 is 2.07 bits per heavy atom. The minimum Gasteiger partial charge on any atom is -0.496 e. The van der Waals surface area contributed by atoms with Crippen LogP contribution in [0.15, 0.2) is 47.5 Å². The smallest absolute Gasteiger partial charge is 0.283 e. The molecular formula is C20H17N3O3S. The zero-order valence-electron chi connectivity index (χ0n) is 14.9. The zero-order chi connectivity index (χ0) is 19.4. The van der Waals surface area contributed by atoms with Crippen molar-refractivity contribution in [1.29, 1.82) is 0 Å². The largest absolute Gasteiger partial charge is 0.496 e. The van der Waals surface area contributed by atoms with E-state index in [1.165, 1.54) is 25.4 Å². The number of ether oxygens (including phenoxy) is 1. The van der Waals surface area contributed by atoms with Crippen molar-refractivity contribution in [2.45, 2.75) is 13.5 Å². The maximum atomic E-state index is 12.7. The van der Waals surface area contributed by atoms with E-state index in [2.05, 4.69) is 16.2 Å². The third-order valence-corrected chi connectivity index (χ3v) is 4.83. The molecule has 3 rings (SSSR count). The highest BCUT2D eigenvalue weighted by atomic mass is 32.1. The maximum Gasteiger partial charge on any atom is 0.283 e. The summed E-state index contributed by atoms with van der Waals surface area (Å²) in [6, 6.07) is 12.4. The van der Waals surface area contributed by atoms with Crippen molar-refractivity contribution >= 4 is 39.1 Å². The number of nitrogens with zero attached hydrogens (tertiary/aromatic N) is 2. The topological polar surface area (TPSA) is 72.7 Å². The van der Waals surface area contributed by atoms with E-state index >= 15 is 0 Å². The Kier molecular flexibility index (Phi) is 5.38. The Morgan fingerprint density at radius 1 is 1.30 bits per heavy atom. The predicted molar refractivity (Wildman–Crippen MR) is 106 cm³/mol. The number of thiazole rings is 1. The average Bonchev–Trinajstić information content (AvgIpc) is 2.98. The van der Waals surface area contributed by atoms with Crippen molar-refractivity contribution in [2.75, 3.05) is 12.4 Å². The normalized spacial score (nSPS) is 11.2. The molecular weight excluding hydrogens is 362 g/mol. The third-order valence-electron chi connectivity index (χ3n) is 3.79. The van der Waals surface area contributed by atoms with E-state index < -0.39 is 5.91 Å². The summed E-state index contributed by atoms with van der Waals surface area (Å²) in [5.74, 6) is 2.49. The first kappa shape index (κ1) is 18.4. The monoisotopic (exact) mass is 379 g/mol. The van der Waals surface area contributed by atoms with Gasteiger partial charge in [0.1, 0.15) is 5.75 Å². The molecule has 6 nitrogen and oxygen atoms in total. The van der Waals surface area contributed by atoms with Gasteiger partial charge in [-0.15, -0.1) is 6.42 Å². The third kappa shape index (κ3) is 3.91. The number of hydrogen-bond donors (Lipinski definition) is 1. The van der Waals surface area contributed by atoms with Gasteiger partial charge in [-0.05, 0) is 30.3 Å². The summed E-state index contributed by atoms with van der Waals surface area (Å²) in [7, 11) is 1.51. The van der Waals surface area contributed by atoms with Gasteiger partial charge >= 0.3 is 0 Å². The van der Waals surface area contributed by atoms with Gasteiger partial charge in [0.2, 0.25) is 5.91 Å². The van der Waals surface area contributed by atoms with Gasteiger partial charge in [-0.1, -0.05) is 29.4 Å². The van der Waals surface area contributed by atoms with E-state index in [-0.39, 0.29) is 12.5 Å². The van der Waals surface area contributed by atoms with Gasteiger partial charge in [-0.25, -0.2) is 0 Å². The second kappa shape index (κ2) is 7.89. The van der Waals surface area contributed by atoms with Crippen LogP contribution in [-0.4, -0.2) is 23.5 Å². The van der Waals surface area contributed by atoms with Crippen molar-refractivity contribution in [2.24, 2.45) is 4.99 Å². The van der Waals surface area contributed by atoms with Crippen molar-refractivity contribution < 1.29 is 14.3 Å². The molecule has 0 atom stereocenters. The van der Waals surface area contributed by atoms with Gasteiger partial charge in [0.25, 0.3) is 5.91 Å². The molecule has 0 aliphatic rings. The number of terminal acetylenes is 1. The Balaban J connectivity index is 2.13. The minimum atomic E-state index is -0.410. The number of para-hydroxylation sites is 1. The molecule has 136 valence electrons. The van der Waals surface area contributed by atoms with Gasteiger partial charge < -0.3 is 14.6 Å². The standard InChI is InChI=1S/C20H17N3O3S/c1-4-11-23-16-10-9-14(21-13(2)24)12-18(16)27-20(23)22-19(25)15-7-5-6-8-17(15)26-3/h1,5-10,12H,11H2,2-3H3,(H,21,24). The summed E-state index contributed by atoms with van der Waals surface area (Å²) in [6.45, 7) is 1.72. The number of aromatic nitrogens is 1. The van der Waals surface area contributed by atoms with E-state index in [9.17, 15) is 9.59 Å². The summed E-state index contributed by atoms with van der Waals surface area (Å²) < 4.78 is 7.90. The van der Waals surface area contributed by atoms with Gasteiger partial charge in [-0.3, -0.25) is 9.59 Å². The fourth-order valence-corrected chi connectivity index (χ4v) is 3.72. The number of hydrogen-bond acceptors (Lipinski definition) is 4. The number of methoxy groups -OCH3 is 1. The molecule has 0 radical (unpaired) electrons. The van der Waals surface area contributed by atoms with Crippen LogP contribution >= 0.6 is 11.3 Å². The quantitative estimate of drug-likeness (QED) is 0.708. The van der Waals surface area contributed by atoms with Crippen LogP contribution in [0.4, 0.5) is 5.69 Å². The Labute approximate surface area is 160 Å². The highest BCUT2D eigenvalue weighted by molar-refractivity contribution is 7.16. The van der Waals surface area contributed by atoms with Crippen LogP contribution in [0.3, 0.4) is 0 Å². The van der Waals surface area contributed by atoms with E-state index in [0.717, 1.165) is 10.2 Å². The molecule has 1 aromatic heterocycles. The molecule has 7 heteroatoms. The van der Waals surface area contributed by atoms with Crippen LogP contribution in [0.2, 0.25) is 0 Å². The van der Waals surface area contributed by atoms with Gasteiger partial charge in [-0.2, -0.15) is 4.99 Å². The van der Waals surface area contributed by atoms with Gasteiger partial charge in [0, 0.05) is 12.6 Å². The van der Waals surface area contributed by atoms with E-state index in [0.29, 0.717) is 21.8 Å². The first-order valence-corrected chi connectivity index (χ1v) is 8.91. The molecule has 2 amide bonds. The van der Waals surface area contributed by atoms with Crippen LogP contribution in [0.5, 0.6) is 5.75 Å². The molecule has 0 aliphatic heterocycles. The van der Waals surface area contributed by atoms with Gasteiger partial charge in [0.05, 0.1) is 29.4 Å². The van der Waals surface area contributed by atoms with E-state index in [1.54, 1.807) is 34.9 Å². The molecule has 0 saturated heterocycles. The second-order valence-corrected chi connectivity index (χ2v) is 6.66. The molecule has 1 heterocycles. The average molecular weight is 379 g/mol. The fourth-order valence-electron chi connectivity index (χ4n) is 2.65.